The lowest BCUT2D eigenvalue weighted by Gasteiger charge is -2.06. The molecule has 2 aliphatic carbocycles. The summed E-state index contributed by atoms with van der Waals surface area (Å²) in [6.07, 6.45) is 4.33. The van der Waals surface area contributed by atoms with E-state index in [1.165, 1.54) is 19.3 Å². The molecule has 0 amide bonds. The van der Waals surface area contributed by atoms with Crippen molar-refractivity contribution in [1.29, 1.82) is 0 Å². The third-order valence-electron chi connectivity index (χ3n) is 4.18. The maximum absolute atomic E-state index is 3.42. The van der Waals surface area contributed by atoms with Crippen LogP contribution in [0.1, 0.15) is 33.1 Å². The average molecular weight is 139 g/mol. The van der Waals surface area contributed by atoms with Gasteiger partial charge in [-0.05, 0) is 30.7 Å². The fraction of sp³-hybridized carbons (Fsp3) is 1.00. The minimum atomic E-state index is 0.655. The van der Waals surface area contributed by atoms with Crippen molar-refractivity contribution in [3.63, 3.8) is 0 Å². The summed E-state index contributed by atoms with van der Waals surface area (Å²) in [4.78, 5) is 0. The van der Waals surface area contributed by atoms with Gasteiger partial charge in [-0.15, -0.1) is 0 Å². The van der Waals surface area contributed by atoms with Crippen LogP contribution in [-0.2, 0) is 0 Å². The Kier molecular flexibility index (Phi) is 1.05. The maximum atomic E-state index is 3.42. The molecular formula is C9H17N. The highest BCUT2D eigenvalue weighted by Gasteiger charge is 2.71. The van der Waals surface area contributed by atoms with Crippen molar-refractivity contribution >= 4 is 0 Å². The van der Waals surface area contributed by atoms with E-state index in [4.69, 9.17) is 0 Å². The Bertz CT molecular complexity index is 150. The molecule has 0 radical (unpaired) electrons. The third kappa shape index (κ3) is 0.460. The van der Waals surface area contributed by atoms with Crippen LogP contribution in [0.15, 0.2) is 0 Å². The third-order valence-corrected chi connectivity index (χ3v) is 4.18. The molecule has 2 saturated carbocycles. The van der Waals surface area contributed by atoms with Crippen LogP contribution in [0, 0.1) is 10.8 Å². The second-order valence-electron chi connectivity index (χ2n) is 4.41. The summed E-state index contributed by atoms with van der Waals surface area (Å²) in [5, 5.41) is 3.42. The lowest BCUT2D eigenvalue weighted by Crippen LogP contribution is -2.19. The van der Waals surface area contributed by atoms with E-state index >= 15 is 0 Å². The first-order valence-electron chi connectivity index (χ1n) is 4.32. The molecule has 10 heavy (non-hydrogen) atoms. The Hall–Kier alpha value is -0.0400. The van der Waals surface area contributed by atoms with E-state index in [9.17, 15) is 0 Å². The van der Waals surface area contributed by atoms with Crippen molar-refractivity contribution in [3.05, 3.63) is 0 Å². The van der Waals surface area contributed by atoms with Crippen molar-refractivity contribution in [2.45, 2.75) is 39.2 Å². The van der Waals surface area contributed by atoms with Crippen molar-refractivity contribution in [2.24, 2.45) is 10.8 Å². The molecule has 1 nitrogen and oxygen atoms in total. The zero-order chi connectivity index (χ0) is 7.41. The van der Waals surface area contributed by atoms with Crippen LogP contribution in [0.25, 0.3) is 0 Å². The van der Waals surface area contributed by atoms with Crippen molar-refractivity contribution in [1.82, 2.24) is 5.32 Å². The van der Waals surface area contributed by atoms with Gasteiger partial charge < -0.3 is 5.32 Å². The highest BCUT2D eigenvalue weighted by molar-refractivity contribution is 5.24. The molecule has 2 aliphatic rings. The standard InChI is InChI=1S/C9H17N/c1-8-5-4-6-9(8,2)7(8)10-3/h7,10H,4-6H2,1-3H3/t7-,8-,9+. The average Bonchev–Trinajstić information content (AvgIpc) is 2.11. The highest BCUT2D eigenvalue weighted by atomic mass is 15.0. The highest BCUT2D eigenvalue weighted by Crippen LogP contribution is 2.72. The van der Waals surface area contributed by atoms with Crippen molar-refractivity contribution in [2.75, 3.05) is 7.05 Å². The first-order chi connectivity index (χ1) is 4.65. The SMILES string of the molecule is CN[C@H]1[C@]2(C)CCC[C@]12C. The van der Waals surface area contributed by atoms with Crippen LogP contribution in [0.2, 0.25) is 0 Å². The van der Waals surface area contributed by atoms with Gasteiger partial charge in [0.25, 0.3) is 0 Å². The molecule has 1 N–H and O–H groups in total. The molecule has 2 rings (SSSR count). The molecule has 0 spiro atoms. The predicted octanol–water partition coefficient (Wildman–Crippen LogP) is 1.78. The molecule has 1 heteroatoms. The van der Waals surface area contributed by atoms with Crippen molar-refractivity contribution in [3.8, 4) is 0 Å². The first-order valence-corrected chi connectivity index (χ1v) is 4.32. The summed E-state index contributed by atoms with van der Waals surface area (Å²) in [7, 11) is 2.10. The van der Waals surface area contributed by atoms with Crippen LogP contribution in [0.5, 0.6) is 0 Å². The largest absolute Gasteiger partial charge is 0.316 e. The molecule has 0 aromatic rings. The lowest BCUT2D eigenvalue weighted by molar-refractivity contribution is 0.457. The maximum Gasteiger partial charge on any atom is 0.0183 e. The Morgan fingerprint density at radius 3 is 2.00 bits per heavy atom. The summed E-state index contributed by atoms with van der Waals surface area (Å²) in [6.45, 7) is 4.86. The fourth-order valence-corrected chi connectivity index (χ4v) is 3.27. The molecule has 0 aliphatic heterocycles. The van der Waals surface area contributed by atoms with E-state index in [0.717, 1.165) is 6.04 Å². The first kappa shape index (κ1) is 6.66. The number of hydrogen-bond acceptors (Lipinski definition) is 1. The minimum Gasteiger partial charge on any atom is -0.316 e. The second-order valence-corrected chi connectivity index (χ2v) is 4.41. The smallest absolute Gasteiger partial charge is 0.0183 e. The van der Waals surface area contributed by atoms with E-state index in [2.05, 4.69) is 26.2 Å². The van der Waals surface area contributed by atoms with Gasteiger partial charge in [-0.2, -0.15) is 0 Å². The lowest BCUT2D eigenvalue weighted by atomic mass is 10.0. The zero-order valence-corrected chi connectivity index (χ0v) is 7.20. The predicted molar refractivity (Wildman–Crippen MR) is 42.9 cm³/mol. The van der Waals surface area contributed by atoms with Gasteiger partial charge in [0, 0.05) is 6.04 Å². The van der Waals surface area contributed by atoms with Gasteiger partial charge in [0.1, 0.15) is 0 Å². The quantitative estimate of drug-likeness (QED) is 0.584. The van der Waals surface area contributed by atoms with E-state index in [0.29, 0.717) is 10.8 Å². The molecule has 0 aromatic carbocycles. The van der Waals surface area contributed by atoms with Gasteiger partial charge in [0.2, 0.25) is 0 Å². The molecule has 3 atom stereocenters. The Morgan fingerprint density at radius 2 is 1.70 bits per heavy atom. The summed E-state index contributed by atoms with van der Waals surface area (Å²) in [5.41, 5.74) is 1.31. The molecule has 58 valence electrons. The normalized spacial score (nSPS) is 58.5. The molecular weight excluding hydrogens is 122 g/mol. The topological polar surface area (TPSA) is 12.0 Å². The van der Waals surface area contributed by atoms with Gasteiger partial charge in [-0.25, -0.2) is 0 Å². The molecule has 0 heterocycles. The van der Waals surface area contributed by atoms with Crippen LogP contribution in [-0.4, -0.2) is 13.1 Å². The Labute approximate surface area is 63.2 Å². The van der Waals surface area contributed by atoms with E-state index in [1.54, 1.807) is 0 Å². The van der Waals surface area contributed by atoms with Crippen LogP contribution >= 0.6 is 0 Å². The summed E-state index contributed by atoms with van der Waals surface area (Å²) in [6, 6.07) is 0.814. The summed E-state index contributed by atoms with van der Waals surface area (Å²) >= 11 is 0. The second kappa shape index (κ2) is 1.58. The van der Waals surface area contributed by atoms with E-state index < -0.39 is 0 Å². The number of nitrogens with one attached hydrogen (secondary N) is 1. The summed E-state index contributed by atoms with van der Waals surface area (Å²) < 4.78 is 0. The number of hydrogen-bond donors (Lipinski definition) is 1. The molecule has 0 saturated heterocycles. The van der Waals surface area contributed by atoms with E-state index in [-0.39, 0.29) is 0 Å². The van der Waals surface area contributed by atoms with Gasteiger partial charge in [0.15, 0.2) is 0 Å². The minimum absolute atomic E-state index is 0.655. The monoisotopic (exact) mass is 139 g/mol. The molecule has 0 unspecified atom stereocenters. The van der Waals surface area contributed by atoms with Crippen LogP contribution < -0.4 is 5.32 Å². The molecule has 0 bridgehead atoms. The number of rotatable bonds is 1. The fourth-order valence-electron chi connectivity index (χ4n) is 3.27. The number of fused-ring (bicyclic) bond motifs is 1. The van der Waals surface area contributed by atoms with E-state index in [1.807, 2.05) is 0 Å². The van der Waals surface area contributed by atoms with Crippen LogP contribution in [0.4, 0.5) is 0 Å². The summed E-state index contributed by atoms with van der Waals surface area (Å²) in [5.74, 6) is 0. The van der Waals surface area contributed by atoms with Crippen LogP contribution in [0.3, 0.4) is 0 Å². The van der Waals surface area contributed by atoms with Gasteiger partial charge in [-0.3, -0.25) is 0 Å². The molecule has 2 fully saturated rings. The Morgan fingerprint density at radius 1 is 1.20 bits per heavy atom. The van der Waals surface area contributed by atoms with Crippen molar-refractivity contribution < 1.29 is 0 Å². The van der Waals surface area contributed by atoms with Gasteiger partial charge in [0.05, 0.1) is 0 Å². The van der Waals surface area contributed by atoms with Gasteiger partial charge in [-0.1, -0.05) is 20.3 Å². The molecule has 0 aromatic heterocycles. The zero-order valence-electron chi connectivity index (χ0n) is 7.20. The van der Waals surface area contributed by atoms with Gasteiger partial charge >= 0.3 is 0 Å². The Balaban J connectivity index is 2.21.